The Morgan fingerprint density at radius 2 is 1.40 bits per heavy atom. The van der Waals surface area contributed by atoms with Gasteiger partial charge in [-0.3, -0.25) is 4.79 Å². The number of carbonyl (C=O) groups excluding carboxylic acids is 1. The van der Waals surface area contributed by atoms with Gasteiger partial charge in [0, 0.05) is 6.54 Å². The van der Waals surface area contributed by atoms with Gasteiger partial charge >= 0.3 is 0 Å². The highest BCUT2D eigenvalue weighted by molar-refractivity contribution is 7.89. The van der Waals surface area contributed by atoms with E-state index in [1.165, 1.54) is 18.2 Å². The van der Waals surface area contributed by atoms with Crippen molar-refractivity contribution >= 4 is 21.6 Å². The summed E-state index contributed by atoms with van der Waals surface area (Å²) in [5.74, 6) is -2.72. The van der Waals surface area contributed by atoms with Crippen LogP contribution < -0.4 is 5.32 Å². The lowest BCUT2D eigenvalue weighted by atomic mass is 10.1. The van der Waals surface area contributed by atoms with Gasteiger partial charge in [-0.2, -0.15) is 4.31 Å². The first kappa shape index (κ1) is 21.6. The maximum atomic E-state index is 13.8. The number of benzene rings is 3. The Bertz CT molecular complexity index is 1090. The number of hydrogen-bond donors (Lipinski definition) is 1. The van der Waals surface area contributed by atoms with Gasteiger partial charge < -0.3 is 5.32 Å². The molecule has 30 heavy (non-hydrogen) atoms. The van der Waals surface area contributed by atoms with Crippen LogP contribution in [0.2, 0.25) is 0 Å². The van der Waals surface area contributed by atoms with E-state index in [2.05, 4.69) is 5.32 Å². The number of para-hydroxylation sites is 1. The van der Waals surface area contributed by atoms with Crippen LogP contribution in [0.15, 0.2) is 83.8 Å². The molecule has 156 valence electrons. The second-order valence-electron chi connectivity index (χ2n) is 6.53. The molecule has 0 aliphatic carbocycles. The summed E-state index contributed by atoms with van der Waals surface area (Å²) in [5.41, 5.74) is 0.286. The summed E-state index contributed by atoms with van der Waals surface area (Å²) >= 11 is 0. The summed E-state index contributed by atoms with van der Waals surface area (Å²) in [6, 6.07) is 20.1. The topological polar surface area (TPSA) is 66.5 Å². The lowest BCUT2D eigenvalue weighted by molar-refractivity contribution is -0.116. The average Bonchev–Trinajstić information content (AvgIpc) is 2.75. The summed E-state index contributed by atoms with van der Waals surface area (Å²) in [6.07, 6.45) is 0.369. The Labute approximate surface area is 174 Å². The van der Waals surface area contributed by atoms with Crippen LogP contribution in [0, 0.1) is 11.6 Å². The smallest absolute Gasteiger partial charge is 0.243 e. The van der Waals surface area contributed by atoms with E-state index in [-0.39, 0.29) is 11.4 Å². The lowest BCUT2D eigenvalue weighted by Crippen LogP contribution is -2.39. The predicted molar refractivity (Wildman–Crippen MR) is 110 cm³/mol. The minimum Gasteiger partial charge on any atom is -0.320 e. The van der Waals surface area contributed by atoms with Crippen molar-refractivity contribution in [3.63, 3.8) is 0 Å². The number of nitrogens with zero attached hydrogens (tertiary/aromatic N) is 1. The van der Waals surface area contributed by atoms with Crippen molar-refractivity contribution in [3.05, 3.63) is 96.1 Å². The predicted octanol–water partition coefficient (Wildman–Crippen LogP) is 3.84. The Hall–Kier alpha value is -3.10. The molecule has 0 fully saturated rings. The van der Waals surface area contributed by atoms with Crippen LogP contribution in [-0.4, -0.2) is 31.7 Å². The largest absolute Gasteiger partial charge is 0.320 e. The number of amides is 1. The highest BCUT2D eigenvalue weighted by Gasteiger charge is 2.27. The van der Waals surface area contributed by atoms with Gasteiger partial charge in [-0.25, -0.2) is 17.2 Å². The second-order valence-corrected chi connectivity index (χ2v) is 8.47. The normalized spacial score (nSPS) is 11.4. The molecule has 3 rings (SSSR count). The van der Waals surface area contributed by atoms with E-state index < -0.39 is 39.8 Å². The third-order valence-electron chi connectivity index (χ3n) is 4.42. The number of nitrogens with one attached hydrogen (secondary N) is 1. The van der Waals surface area contributed by atoms with Crippen molar-refractivity contribution in [2.24, 2.45) is 0 Å². The van der Waals surface area contributed by atoms with Crippen LogP contribution >= 0.6 is 0 Å². The monoisotopic (exact) mass is 430 g/mol. The number of hydrogen-bond acceptors (Lipinski definition) is 3. The van der Waals surface area contributed by atoms with Crippen molar-refractivity contribution in [1.82, 2.24) is 4.31 Å². The molecular weight excluding hydrogens is 410 g/mol. The van der Waals surface area contributed by atoms with E-state index >= 15 is 0 Å². The quantitative estimate of drug-likeness (QED) is 0.591. The Balaban J connectivity index is 1.82. The zero-order chi connectivity index (χ0) is 21.6. The van der Waals surface area contributed by atoms with E-state index in [1.54, 1.807) is 18.2 Å². The Kier molecular flexibility index (Phi) is 6.91. The van der Waals surface area contributed by atoms with Crippen LogP contribution in [0.4, 0.5) is 14.5 Å². The first-order chi connectivity index (χ1) is 14.4. The van der Waals surface area contributed by atoms with Crippen LogP contribution in [-0.2, 0) is 21.2 Å². The molecule has 1 amide bonds. The van der Waals surface area contributed by atoms with E-state index in [9.17, 15) is 22.0 Å². The van der Waals surface area contributed by atoms with Gasteiger partial charge in [0.15, 0.2) is 0 Å². The van der Waals surface area contributed by atoms with Crippen molar-refractivity contribution in [2.45, 2.75) is 11.3 Å². The van der Waals surface area contributed by atoms with Gasteiger partial charge in [0.1, 0.15) is 17.3 Å². The highest BCUT2D eigenvalue weighted by atomic mass is 32.2. The summed E-state index contributed by atoms with van der Waals surface area (Å²) in [7, 11) is -3.99. The fourth-order valence-electron chi connectivity index (χ4n) is 2.88. The maximum absolute atomic E-state index is 13.8. The molecule has 1 N–H and O–H groups in total. The molecule has 0 saturated carbocycles. The maximum Gasteiger partial charge on any atom is 0.243 e. The molecule has 0 aliphatic rings. The fraction of sp³-hybridized carbons (Fsp3) is 0.136. The number of rotatable bonds is 8. The van der Waals surface area contributed by atoms with E-state index in [0.717, 1.165) is 22.0 Å². The molecular formula is C22H20F2N2O3S. The molecule has 8 heteroatoms. The molecule has 3 aromatic rings. The zero-order valence-corrected chi connectivity index (χ0v) is 16.8. The molecule has 3 aromatic carbocycles. The molecule has 0 unspecified atom stereocenters. The third-order valence-corrected chi connectivity index (χ3v) is 6.28. The van der Waals surface area contributed by atoms with Crippen LogP contribution in [0.5, 0.6) is 0 Å². The standard InChI is InChI=1S/C22H20F2N2O3S/c23-19-12-7-13-20(24)22(19)25-21(27)16-26(15-14-17-8-3-1-4-9-17)30(28,29)18-10-5-2-6-11-18/h1-13H,14-16H2,(H,25,27). The molecule has 5 nitrogen and oxygen atoms in total. The van der Waals surface area contributed by atoms with Gasteiger partial charge in [-0.1, -0.05) is 54.6 Å². The van der Waals surface area contributed by atoms with E-state index in [4.69, 9.17) is 0 Å². The SMILES string of the molecule is O=C(CN(CCc1ccccc1)S(=O)(=O)c1ccccc1)Nc1c(F)cccc1F. The van der Waals surface area contributed by atoms with Gasteiger partial charge in [0.05, 0.1) is 11.4 Å². The minimum atomic E-state index is -3.99. The molecule has 0 heterocycles. The molecule has 0 saturated heterocycles. The summed E-state index contributed by atoms with van der Waals surface area (Å²) < 4.78 is 54.8. The first-order valence-corrected chi connectivity index (χ1v) is 10.6. The van der Waals surface area contributed by atoms with Crippen molar-refractivity contribution < 1.29 is 22.0 Å². The number of halogens is 2. The summed E-state index contributed by atoms with van der Waals surface area (Å²) in [4.78, 5) is 12.5. The van der Waals surface area contributed by atoms with Crippen LogP contribution in [0.1, 0.15) is 5.56 Å². The van der Waals surface area contributed by atoms with Crippen molar-refractivity contribution in [1.29, 1.82) is 0 Å². The minimum absolute atomic E-state index is 0.0222. The fourth-order valence-corrected chi connectivity index (χ4v) is 4.30. The molecule has 0 atom stereocenters. The van der Waals surface area contributed by atoms with Gasteiger partial charge in [0.25, 0.3) is 0 Å². The Morgan fingerprint density at radius 3 is 2.00 bits per heavy atom. The van der Waals surface area contributed by atoms with Crippen LogP contribution in [0.3, 0.4) is 0 Å². The van der Waals surface area contributed by atoms with Crippen molar-refractivity contribution in [3.8, 4) is 0 Å². The molecule has 0 radical (unpaired) electrons. The van der Waals surface area contributed by atoms with E-state index in [0.29, 0.717) is 6.42 Å². The third kappa shape index (κ3) is 5.28. The molecule has 0 bridgehead atoms. The number of carbonyl (C=O) groups is 1. The zero-order valence-electron chi connectivity index (χ0n) is 16.0. The van der Waals surface area contributed by atoms with Gasteiger partial charge in [-0.05, 0) is 36.2 Å². The van der Waals surface area contributed by atoms with Gasteiger partial charge in [0.2, 0.25) is 15.9 Å². The summed E-state index contributed by atoms with van der Waals surface area (Å²) in [6.45, 7) is -0.563. The lowest BCUT2D eigenvalue weighted by Gasteiger charge is -2.22. The number of sulfonamides is 1. The van der Waals surface area contributed by atoms with Crippen molar-refractivity contribution in [2.75, 3.05) is 18.4 Å². The molecule has 0 spiro atoms. The van der Waals surface area contributed by atoms with Gasteiger partial charge in [-0.15, -0.1) is 0 Å². The first-order valence-electron chi connectivity index (χ1n) is 9.21. The molecule has 0 aromatic heterocycles. The summed E-state index contributed by atoms with van der Waals surface area (Å²) in [5, 5.41) is 2.14. The molecule has 0 aliphatic heterocycles. The number of anilines is 1. The Morgan fingerprint density at radius 1 is 0.833 bits per heavy atom. The second kappa shape index (κ2) is 9.60. The highest BCUT2D eigenvalue weighted by Crippen LogP contribution is 2.19. The van der Waals surface area contributed by atoms with Crippen LogP contribution in [0.25, 0.3) is 0 Å². The average molecular weight is 430 g/mol. The van der Waals surface area contributed by atoms with E-state index in [1.807, 2.05) is 30.3 Å².